The third kappa shape index (κ3) is 10.7. The van der Waals surface area contributed by atoms with Gasteiger partial charge < -0.3 is 0 Å². The molecule has 270 valence electrons. The van der Waals surface area contributed by atoms with E-state index in [0.29, 0.717) is 23.7 Å². The lowest BCUT2D eigenvalue weighted by Crippen LogP contribution is -2.29. The Morgan fingerprint density at radius 2 is 0.708 bits per heavy atom. The summed E-state index contributed by atoms with van der Waals surface area (Å²) in [5.74, 6) is 4.47. The summed E-state index contributed by atoms with van der Waals surface area (Å²) >= 11 is 0. The smallest absolute Gasteiger partial charge is 0.0732 e. The van der Waals surface area contributed by atoms with Crippen LogP contribution in [0.2, 0.25) is 39.3 Å². The molecule has 0 aromatic carbocycles. The molecule has 0 aromatic rings. The Hall–Kier alpha value is -1.13. The van der Waals surface area contributed by atoms with Crippen LogP contribution in [0.3, 0.4) is 0 Å². The first-order chi connectivity index (χ1) is 23.1. The van der Waals surface area contributed by atoms with Crippen molar-refractivity contribution >= 4 is 16.1 Å². The van der Waals surface area contributed by atoms with E-state index in [1.807, 2.05) is 21.5 Å². The van der Waals surface area contributed by atoms with Crippen molar-refractivity contribution in [1.29, 1.82) is 0 Å². The quantitative estimate of drug-likeness (QED) is 0.0741. The van der Waals surface area contributed by atoms with Crippen molar-refractivity contribution in [3.63, 3.8) is 0 Å². The summed E-state index contributed by atoms with van der Waals surface area (Å²) in [4.78, 5) is 0. The summed E-state index contributed by atoms with van der Waals surface area (Å²) in [7, 11) is -2.74. The van der Waals surface area contributed by atoms with Gasteiger partial charge >= 0.3 is 0 Å². The lowest BCUT2D eigenvalue weighted by Gasteiger charge is -2.28. The summed E-state index contributed by atoms with van der Waals surface area (Å²) in [5.41, 5.74) is 3.79. The molecule has 4 aliphatic carbocycles. The van der Waals surface area contributed by atoms with Gasteiger partial charge in [0.15, 0.2) is 0 Å². The van der Waals surface area contributed by atoms with Gasteiger partial charge in [-0.3, -0.25) is 0 Å². The van der Waals surface area contributed by atoms with Crippen LogP contribution in [0.25, 0.3) is 0 Å². The molecule has 0 heterocycles. The minimum atomic E-state index is -1.37. The Balaban J connectivity index is 1.30. The Labute approximate surface area is 302 Å². The Morgan fingerprint density at radius 1 is 0.396 bits per heavy atom. The molecule has 4 aliphatic rings. The van der Waals surface area contributed by atoms with Gasteiger partial charge in [0.1, 0.15) is 0 Å². The fourth-order valence-electron chi connectivity index (χ4n) is 10.5. The first-order valence-corrected chi connectivity index (χ1v) is 28.3. The lowest BCUT2D eigenvalue weighted by atomic mass is 9.81. The van der Waals surface area contributed by atoms with Crippen molar-refractivity contribution in [2.45, 2.75) is 182 Å². The molecule has 0 amide bonds. The van der Waals surface area contributed by atoms with Crippen LogP contribution in [0, 0.1) is 35.5 Å². The topological polar surface area (TPSA) is 0 Å². The fraction of sp³-hybridized carbons (Fsp3) is 0.739. The van der Waals surface area contributed by atoms with Gasteiger partial charge in [-0.25, -0.2) is 0 Å². The highest BCUT2D eigenvalue weighted by molar-refractivity contribution is 6.83. The van der Waals surface area contributed by atoms with Crippen molar-refractivity contribution < 1.29 is 0 Å². The molecular formula is C46H78Si2. The maximum atomic E-state index is 2.63. The standard InChI is InChI=1S/C46H78Si2/c1-9-11-13-15-17-23-33-41-39-31-25-27-35-43(45(41)47(3,4)5)37(39)29-21-19-20-22-30-38-40-32-26-28-36-44(38)46(48(6,7)8)42(40)34-24-18-16-14-12-10-2/h25-28,31-32,35-40,43-44H,9-24,29-30,33-34H2,1-8H3. The summed E-state index contributed by atoms with van der Waals surface area (Å²) in [6.07, 6.45) is 48.2. The second-order valence-electron chi connectivity index (χ2n) is 18.4. The summed E-state index contributed by atoms with van der Waals surface area (Å²) in [5, 5.41) is 3.89. The fourth-order valence-corrected chi connectivity index (χ4v) is 15.6. The normalized spacial score (nSPS) is 26.7. The van der Waals surface area contributed by atoms with Crippen LogP contribution in [0.15, 0.2) is 70.1 Å². The SMILES string of the molecule is CCCCCCCCC1=C([Si](C)(C)C)C2C=CC=CC1C2CCCCCCC1C2C=CC=CC1C([Si](C)(C)C)=C2CCCCCCCC. The summed E-state index contributed by atoms with van der Waals surface area (Å²) < 4.78 is 0. The van der Waals surface area contributed by atoms with E-state index in [1.54, 1.807) is 0 Å². The van der Waals surface area contributed by atoms with E-state index in [-0.39, 0.29) is 0 Å². The van der Waals surface area contributed by atoms with E-state index < -0.39 is 16.1 Å². The van der Waals surface area contributed by atoms with Crippen molar-refractivity contribution in [3.05, 3.63) is 70.1 Å². The molecule has 4 rings (SSSR count). The molecule has 0 aliphatic heterocycles. The summed E-state index contributed by atoms with van der Waals surface area (Å²) in [6, 6.07) is 0. The molecule has 6 atom stereocenters. The molecule has 0 spiro atoms. The number of rotatable bonds is 23. The third-order valence-electron chi connectivity index (χ3n) is 12.5. The van der Waals surface area contributed by atoms with Gasteiger partial charge in [-0.15, -0.1) is 0 Å². The maximum Gasteiger partial charge on any atom is 0.0732 e. The molecular weight excluding hydrogens is 609 g/mol. The van der Waals surface area contributed by atoms with Gasteiger partial charge in [0.2, 0.25) is 0 Å². The number of allylic oxidation sites excluding steroid dienone is 12. The van der Waals surface area contributed by atoms with Gasteiger partial charge in [-0.2, -0.15) is 0 Å². The molecule has 0 nitrogen and oxygen atoms in total. The van der Waals surface area contributed by atoms with Gasteiger partial charge in [-0.05, 0) is 62.2 Å². The van der Waals surface area contributed by atoms with Crippen molar-refractivity contribution in [2.24, 2.45) is 35.5 Å². The molecule has 0 fully saturated rings. The monoisotopic (exact) mass is 687 g/mol. The molecule has 0 radical (unpaired) electrons. The Morgan fingerprint density at radius 3 is 1.06 bits per heavy atom. The van der Waals surface area contributed by atoms with Crippen LogP contribution in [0.5, 0.6) is 0 Å². The van der Waals surface area contributed by atoms with E-state index in [9.17, 15) is 0 Å². The first-order valence-electron chi connectivity index (χ1n) is 21.3. The van der Waals surface area contributed by atoms with E-state index in [0.717, 1.165) is 11.8 Å². The molecule has 0 saturated carbocycles. The van der Waals surface area contributed by atoms with Gasteiger partial charge in [0.25, 0.3) is 0 Å². The zero-order valence-corrected chi connectivity index (χ0v) is 35.2. The number of unbranched alkanes of at least 4 members (excludes halogenated alkanes) is 13. The average molecular weight is 687 g/mol. The maximum absolute atomic E-state index is 2.63. The minimum absolute atomic E-state index is 0.707. The average Bonchev–Trinajstić information content (AvgIpc) is 3.25. The van der Waals surface area contributed by atoms with Crippen LogP contribution in [-0.2, 0) is 0 Å². The van der Waals surface area contributed by atoms with Crippen LogP contribution in [0.1, 0.15) is 142 Å². The molecule has 2 heteroatoms. The minimum Gasteiger partial charge on any atom is -0.0774 e. The lowest BCUT2D eigenvalue weighted by molar-refractivity contribution is 0.346. The summed E-state index contributed by atoms with van der Waals surface area (Å²) in [6.45, 7) is 20.4. The van der Waals surface area contributed by atoms with Gasteiger partial charge in [0, 0.05) is 11.8 Å². The highest BCUT2D eigenvalue weighted by Crippen LogP contribution is 2.53. The van der Waals surface area contributed by atoms with Crippen molar-refractivity contribution in [3.8, 4) is 0 Å². The van der Waals surface area contributed by atoms with Crippen LogP contribution in [-0.4, -0.2) is 16.1 Å². The number of hydrogen-bond donors (Lipinski definition) is 0. The highest BCUT2D eigenvalue weighted by atomic mass is 28.3. The highest BCUT2D eigenvalue weighted by Gasteiger charge is 2.45. The predicted octanol–water partition coefficient (Wildman–Crippen LogP) is 15.2. The first kappa shape index (κ1) is 39.7. The second kappa shape index (κ2) is 19.5. The van der Waals surface area contributed by atoms with Crippen molar-refractivity contribution in [2.75, 3.05) is 0 Å². The molecule has 0 saturated heterocycles. The van der Waals surface area contributed by atoms with E-state index >= 15 is 0 Å². The number of hydrogen-bond acceptors (Lipinski definition) is 0. The van der Waals surface area contributed by atoms with Gasteiger partial charge in [0.05, 0.1) is 16.1 Å². The number of fused-ring (bicyclic) bond motifs is 4. The largest absolute Gasteiger partial charge is 0.0774 e. The van der Waals surface area contributed by atoms with Crippen LogP contribution in [0.4, 0.5) is 0 Å². The van der Waals surface area contributed by atoms with Crippen LogP contribution >= 0.6 is 0 Å². The van der Waals surface area contributed by atoms with Crippen molar-refractivity contribution in [1.82, 2.24) is 0 Å². The molecule has 0 aromatic heterocycles. The van der Waals surface area contributed by atoms with E-state index in [2.05, 4.69) is 102 Å². The van der Waals surface area contributed by atoms with E-state index in [4.69, 9.17) is 0 Å². The van der Waals surface area contributed by atoms with Crippen LogP contribution < -0.4 is 0 Å². The third-order valence-corrected chi connectivity index (χ3v) is 17.1. The Bertz CT molecular complexity index is 1070. The molecule has 0 N–H and O–H groups in total. The molecule has 6 unspecified atom stereocenters. The predicted molar refractivity (Wildman–Crippen MR) is 222 cm³/mol. The Kier molecular flexibility index (Phi) is 16.1. The molecule has 4 bridgehead atoms. The van der Waals surface area contributed by atoms with Gasteiger partial charge in [-0.1, -0.05) is 213 Å². The second-order valence-corrected chi connectivity index (χ2v) is 28.5. The zero-order valence-electron chi connectivity index (χ0n) is 33.2. The zero-order chi connectivity index (χ0) is 34.6. The van der Waals surface area contributed by atoms with E-state index in [1.165, 1.54) is 128 Å². The molecule has 48 heavy (non-hydrogen) atoms.